The van der Waals surface area contributed by atoms with Gasteiger partial charge in [0.15, 0.2) is 6.29 Å². The van der Waals surface area contributed by atoms with Crippen LogP contribution < -0.4 is 15.8 Å². The summed E-state index contributed by atoms with van der Waals surface area (Å²) in [6.07, 6.45) is 9.27. The Hall–Kier alpha value is -3.91. The van der Waals surface area contributed by atoms with Crippen LogP contribution in [0.2, 0.25) is 0 Å². The van der Waals surface area contributed by atoms with Crippen molar-refractivity contribution in [1.82, 2.24) is 19.9 Å². The molecule has 1 aliphatic heterocycles. The Balaban J connectivity index is 1.24. The molecule has 0 amide bonds. The highest BCUT2D eigenvalue weighted by molar-refractivity contribution is 5.84. The van der Waals surface area contributed by atoms with Crippen LogP contribution in [-0.2, 0) is 6.42 Å². The van der Waals surface area contributed by atoms with Gasteiger partial charge in [-0.25, -0.2) is 9.37 Å². The van der Waals surface area contributed by atoms with Crippen molar-refractivity contribution in [2.24, 2.45) is 0 Å². The van der Waals surface area contributed by atoms with Crippen LogP contribution in [0, 0.1) is 5.82 Å². The molecule has 0 atom stereocenters. The highest BCUT2D eigenvalue weighted by Gasteiger charge is 2.25. The van der Waals surface area contributed by atoms with Crippen molar-refractivity contribution in [3.8, 4) is 11.1 Å². The first-order valence-corrected chi connectivity index (χ1v) is 14.3. The number of benzene rings is 2. The zero-order valence-electron chi connectivity index (χ0n) is 22.6. The fourth-order valence-electron chi connectivity index (χ4n) is 6.12. The van der Waals surface area contributed by atoms with Crippen molar-refractivity contribution in [3.05, 3.63) is 88.1 Å². The second kappa shape index (κ2) is 11.7. The number of piperidine rings is 1. The summed E-state index contributed by atoms with van der Waals surface area (Å²) in [7, 11) is 0. The van der Waals surface area contributed by atoms with E-state index in [2.05, 4.69) is 34.5 Å². The molecular formula is C32H34FN5O2. The third-order valence-electron chi connectivity index (χ3n) is 8.35. The Bertz CT molecular complexity index is 1560. The average molecular weight is 540 g/mol. The zero-order valence-corrected chi connectivity index (χ0v) is 22.6. The maximum Gasteiger partial charge on any atom is 0.260 e. The molecule has 1 saturated heterocycles. The lowest BCUT2D eigenvalue weighted by Crippen LogP contribution is -2.43. The monoisotopic (exact) mass is 539 g/mol. The summed E-state index contributed by atoms with van der Waals surface area (Å²) in [5.74, 6) is 0.0537. The number of aromatic nitrogens is 3. The van der Waals surface area contributed by atoms with Crippen LogP contribution in [0.5, 0.6) is 0 Å². The van der Waals surface area contributed by atoms with E-state index in [1.54, 1.807) is 18.3 Å². The Labute approximate surface area is 233 Å². The van der Waals surface area contributed by atoms with E-state index in [1.807, 2.05) is 10.6 Å². The fourth-order valence-corrected chi connectivity index (χ4v) is 6.12. The number of rotatable bonds is 8. The summed E-state index contributed by atoms with van der Waals surface area (Å²) in [6, 6.07) is 17.1. The third kappa shape index (κ3) is 5.41. The maximum absolute atomic E-state index is 14.0. The van der Waals surface area contributed by atoms with E-state index in [9.17, 15) is 14.0 Å². The molecule has 3 heterocycles. The minimum Gasteiger partial charge on any atom is -0.341 e. The van der Waals surface area contributed by atoms with E-state index in [0.717, 1.165) is 70.0 Å². The predicted molar refractivity (Wildman–Crippen MR) is 155 cm³/mol. The second-order valence-corrected chi connectivity index (χ2v) is 10.9. The first-order chi connectivity index (χ1) is 19.6. The highest BCUT2D eigenvalue weighted by atomic mass is 19.1. The predicted octanol–water partition coefficient (Wildman–Crippen LogP) is 5.33. The third-order valence-corrected chi connectivity index (χ3v) is 8.35. The van der Waals surface area contributed by atoms with E-state index in [0.29, 0.717) is 35.1 Å². The van der Waals surface area contributed by atoms with Gasteiger partial charge in [0.1, 0.15) is 11.5 Å². The van der Waals surface area contributed by atoms with Crippen molar-refractivity contribution in [2.75, 3.05) is 24.5 Å². The Morgan fingerprint density at radius 2 is 1.77 bits per heavy atom. The number of hydrogen-bond donors (Lipinski definition) is 1. The molecule has 4 aromatic rings. The van der Waals surface area contributed by atoms with Crippen LogP contribution >= 0.6 is 0 Å². The number of carbonyl (C=O) groups is 1. The van der Waals surface area contributed by atoms with Crippen LogP contribution in [0.25, 0.3) is 22.2 Å². The van der Waals surface area contributed by atoms with E-state index >= 15 is 0 Å². The van der Waals surface area contributed by atoms with Gasteiger partial charge in [-0.2, -0.15) is 4.98 Å². The van der Waals surface area contributed by atoms with Gasteiger partial charge in [-0.05, 0) is 68.0 Å². The lowest BCUT2D eigenvalue weighted by Gasteiger charge is -2.32. The molecule has 6 rings (SSSR count). The van der Waals surface area contributed by atoms with Gasteiger partial charge in [0.2, 0.25) is 5.95 Å². The molecule has 7 nitrogen and oxygen atoms in total. The van der Waals surface area contributed by atoms with Crippen molar-refractivity contribution in [3.63, 3.8) is 0 Å². The molecular weight excluding hydrogens is 505 g/mol. The SMILES string of the molecule is O=Cc1cc(-c2cc3cnc(N4CCC(NCCc5ccccc5)CC4)nc3n(C3CCCC3)c2=O)ccc1F. The first-order valence-electron chi connectivity index (χ1n) is 14.3. The number of aldehydes is 1. The van der Waals surface area contributed by atoms with Crippen LogP contribution in [0.15, 0.2) is 65.6 Å². The van der Waals surface area contributed by atoms with Crippen molar-refractivity contribution in [2.45, 2.75) is 57.0 Å². The highest BCUT2D eigenvalue weighted by Crippen LogP contribution is 2.32. The number of fused-ring (bicyclic) bond motifs is 1. The first kappa shape index (κ1) is 26.3. The van der Waals surface area contributed by atoms with E-state index in [1.165, 1.54) is 17.7 Å². The summed E-state index contributed by atoms with van der Waals surface area (Å²) in [4.78, 5) is 37.1. The minimum atomic E-state index is -0.598. The van der Waals surface area contributed by atoms with Gasteiger partial charge in [0.05, 0.1) is 5.56 Å². The van der Waals surface area contributed by atoms with E-state index < -0.39 is 5.82 Å². The normalized spacial score (nSPS) is 16.6. The lowest BCUT2D eigenvalue weighted by molar-refractivity contribution is 0.112. The van der Waals surface area contributed by atoms with Gasteiger partial charge in [0, 0.05) is 42.3 Å². The topological polar surface area (TPSA) is 80.1 Å². The summed E-state index contributed by atoms with van der Waals surface area (Å²) >= 11 is 0. The van der Waals surface area contributed by atoms with Crippen LogP contribution in [0.3, 0.4) is 0 Å². The number of nitrogens with one attached hydrogen (secondary N) is 1. The number of anilines is 1. The summed E-state index contributed by atoms with van der Waals surface area (Å²) in [6.45, 7) is 2.66. The molecule has 2 aromatic carbocycles. The molecule has 8 heteroatoms. The summed E-state index contributed by atoms with van der Waals surface area (Å²) in [5.41, 5.74) is 2.72. The molecule has 0 spiro atoms. The molecule has 2 aromatic heterocycles. The quantitative estimate of drug-likeness (QED) is 0.305. The Morgan fingerprint density at radius 1 is 1.00 bits per heavy atom. The molecule has 206 valence electrons. The standard InChI is InChI=1S/C32H34FN5O2/c33-29-11-10-23(18-25(29)21-39)28-19-24-20-35-32(36-30(24)38(31(28)40)27-8-4-5-9-27)37-16-13-26(14-17-37)34-15-12-22-6-2-1-3-7-22/h1-3,6-7,10-11,18-21,26-27,34H,4-5,8-9,12-17H2. The summed E-state index contributed by atoms with van der Waals surface area (Å²) in [5, 5.41) is 4.46. The number of pyridine rings is 1. The molecule has 1 aliphatic carbocycles. The number of hydrogen-bond acceptors (Lipinski definition) is 6. The minimum absolute atomic E-state index is 0.0586. The maximum atomic E-state index is 14.0. The van der Waals surface area contributed by atoms with Crippen LogP contribution in [0.4, 0.5) is 10.3 Å². The van der Waals surface area contributed by atoms with Gasteiger partial charge in [-0.15, -0.1) is 0 Å². The molecule has 0 bridgehead atoms. The number of halogens is 1. The molecule has 0 radical (unpaired) electrons. The van der Waals surface area contributed by atoms with E-state index in [-0.39, 0.29) is 17.2 Å². The lowest BCUT2D eigenvalue weighted by atomic mass is 10.0. The van der Waals surface area contributed by atoms with Gasteiger partial charge in [-0.3, -0.25) is 14.2 Å². The van der Waals surface area contributed by atoms with Crippen LogP contribution in [0.1, 0.15) is 60.5 Å². The van der Waals surface area contributed by atoms with Crippen molar-refractivity contribution < 1.29 is 9.18 Å². The molecule has 40 heavy (non-hydrogen) atoms. The zero-order chi connectivity index (χ0) is 27.5. The van der Waals surface area contributed by atoms with Gasteiger partial charge in [0.25, 0.3) is 5.56 Å². The molecule has 2 fully saturated rings. The second-order valence-electron chi connectivity index (χ2n) is 10.9. The molecule has 1 N–H and O–H groups in total. The average Bonchev–Trinajstić information content (AvgIpc) is 3.52. The van der Waals surface area contributed by atoms with Gasteiger partial charge >= 0.3 is 0 Å². The van der Waals surface area contributed by atoms with Crippen molar-refractivity contribution >= 4 is 23.3 Å². The fraction of sp³-hybridized carbons (Fsp3) is 0.375. The van der Waals surface area contributed by atoms with E-state index in [4.69, 9.17) is 9.97 Å². The van der Waals surface area contributed by atoms with Crippen LogP contribution in [-0.4, -0.2) is 46.5 Å². The smallest absolute Gasteiger partial charge is 0.260 e. The molecule has 1 saturated carbocycles. The van der Waals surface area contributed by atoms with Crippen molar-refractivity contribution in [1.29, 1.82) is 0 Å². The summed E-state index contributed by atoms with van der Waals surface area (Å²) < 4.78 is 15.8. The Kier molecular flexibility index (Phi) is 7.68. The largest absolute Gasteiger partial charge is 0.341 e. The van der Waals surface area contributed by atoms with Gasteiger partial charge < -0.3 is 10.2 Å². The number of carbonyl (C=O) groups excluding carboxylic acids is 1. The van der Waals surface area contributed by atoms with Gasteiger partial charge in [-0.1, -0.05) is 49.2 Å². The molecule has 0 unspecified atom stereocenters. The molecule has 2 aliphatic rings. The Morgan fingerprint density at radius 3 is 2.52 bits per heavy atom. The number of nitrogens with zero attached hydrogens (tertiary/aromatic N) is 4.